The molecule has 2 atom stereocenters. The van der Waals surface area contributed by atoms with Crippen LogP contribution in [0, 0.1) is 11.8 Å². The van der Waals surface area contributed by atoms with Crippen LogP contribution in [-0.4, -0.2) is 34.6 Å². The van der Waals surface area contributed by atoms with Gasteiger partial charge in [-0.15, -0.1) is 0 Å². The first kappa shape index (κ1) is 15.5. The summed E-state index contributed by atoms with van der Waals surface area (Å²) in [6, 6.07) is 0.165. The third kappa shape index (κ3) is 4.60. The largest absolute Gasteiger partial charge is 0.392 e. The molecule has 1 saturated carbocycles. The smallest absolute Gasteiger partial charge is 0.225 e. The summed E-state index contributed by atoms with van der Waals surface area (Å²) in [5.74, 6) is 1.04. The van der Waals surface area contributed by atoms with Gasteiger partial charge in [0.15, 0.2) is 0 Å². The lowest BCUT2D eigenvalue weighted by molar-refractivity contribution is -0.138. The van der Waals surface area contributed by atoms with Gasteiger partial charge in [-0.05, 0) is 33.1 Å². The minimum Gasteiger partial charge on any atom is -0.392 e. The Kier molecular flexibility index (Phi) is 6.13. The van der Waals surface area contributed by atoms with Crippen molar-refractivity contribution in [1.82, 2.24) is 4.90 Å². The number of carbonyl (C=O) groups excluding carboxylic acids is 1. The lowest BCUT2D eigenvalue weighted by atomic mass is 9.93. The molecule has 18 heavy (non-hydrogen) atoms. The zero-order valence-corrected chi connectivity index (χ0v) is 12.4. The van der Waals surface area contributed by atoms with Crippen molar-refractivity contribution in [2.45, 2.75) is 71.9 Å². The topological polar surface area (TPSA) is 40.5 Å². The maximum atomic E-state index is 12.4. The van der Waals surface area contributed by atoms with Gasteiger partial charge in [-0.25, -0.2) is 0 Å². The number of aliphatic hydroxyl groups is 1. The summed E-state index contributed by atoms with van der Waals surface area (Å²) in [6.07, 6.45) is 5.79. The maximum Gasteiger partial charge on any atom is 0.225 e. The summed E-state index contributed by atoms with van der Waals surface area (Å²) >= 11 is 0. The van der Waals surface area contributed by atoms with Crippen LogP contribution in [0.5, 0.6) is 0 Å². The minimum atomic E-state index is -0.449. The number of hydrogen-bond acceptors (Lipinski definition) is 2. The van der Waals surface area contributed by atoms with Crippen molar-refractivity contribution in [3.05, 3.63) is 0 Å². The molecule has 106 valence electrons. The van der Waals surface area contributed by atoms with Crippen molar-refractivity contribution in [2.75, 3.05) is 6.54 Å². The molecule has 0 radical (unpaired) electrons. The first-order valence-electron chi connectivity index (χ1n) is 7.40. The van der Waals surface area contributed by atoms with Crippen LogP contribution >= 0.6 is 0 Å². The highest BCUT2D eigenvalue weighted by atomic mass is 16.3. The molecule has 0 saturated heterocycles. The summed E-state index contributed by atoms with van der Waals surface area (Å²) in [6.45, 7) is 8.26. The van der Waals surface area contributed by atoms with E-state index in [1.165, 1.54) is 25.7 Å². The van der Waals surface area contributed by atoms with Gasteiger partial charge in [0.25, 0.3) is 0 Å². The lowest BCUT2D eigenvalue weighted by Gasteiger charge is -2.31. The van der Waals surface area contributed by atoms with Crippen LogP contribution in [-0.2, 0) is 4.79 Å². The Labute approximate surface area is 112 Å². The zero-order valence-electron chi connectivity index (χ0n) is 12.4. The molecular weight excluding hydrogens is 226 g/mol. The molecule has 0 aromatic heterocycles. The third-order valence-electron chi connectivity index (χ3n) is 3.95. The molecule has 0 heterocycles. The number of amides is 1. The molecule has 1 aliphatic carbocycles. The summed E-state index contributed by atoms with van der Waals surface area (Å²) in [4.78, 5) is 14.2. The molecule has 0 bridgehead atoms. The lowest BCUT2D eigenvalue weighted by Crippen LogP contribution is -2.44. The van der Waals surface area contributed by atoms with Crippen LogP contribution < -0.4 is 0 Å². The molecule has 2 unspecified atom stereocenters. The average Bonchev–Trinajstić information content (AvgIpc) is 2.77. The molecule has 0 spiro atoms. The molecule has 3 heteroatoms. The molecule has 1 N–H and O–H groups in total. The average molecular weight is 255 g/mol. The number of aliphatic hydroxyl groups excluding tert-OH is 1. The highest BCUT2D eigenvalue weighted by molar-refractivity contribution is 5.78. The van der Waals surface area contributed by atoms with Crippen molar-refractivity contribution in [1.29, 1.82) is 0 Å². The summed E-state index contributed by atoms with van der Waals surface area (Å²) in [5.41, 5.74) is 0. The van der Waals surface area contributed by atoms with Crippen molar-refractivity contribution < 1.29 is 9.90 Å². The molecule has 1 fully saturated rings. The summed E-state index contributed by atoms with van der Waals surface area (Å²) < 4.78 is 0. The standard InChI is InChI=1S/C15H29NO2/c1-11(2)16(10-13(4)17)15(18)12(3)9-14-7-5-6-8-14/h11-14,17H,5-10H2,1-4H3. The Morgan fingerprint density at radius 2 is 1.78 bits per heavy atom. The van der Waals surface area contributed by atoms with Crippen molar-refractivity contribution in [3.8, 4) is 0 Å². The van der Waals surface area contributed by atoms with E-state index in [-0.39, 0.29) is 17.9 Å². The van der Waals surface area contributed by atoms with E-state index in [0.29, 0.717) is 6.54 Å². The molecule has 0 aromatic rings. The van der Waals surface area contributed by atoms with E-state index < -0.39 is 6.10 Å². The second-order valence-electron chi connectivity index (χ2n) is 6.22. The van der Waals surface area contributed by atoms with E-state index in [9.17, 15) is 9.90 Å². The van der Waals surface area contributed by atoms with E-state index in [1.807, 2.05) is 25.7 Å². The normalized spacial score (nSPS) is 20.1. The SMILES string of the molecule is CC(O)CN(C(=O)C(C)CC1CCCC1)C(C)C. The van der Waals surface area contributed by atoms with Crippen molar-refractivity contribution in [3.63, 3.8) is 0 Å². The van der Waals surface area contributed by atoms with E-state index in [2.05, 4.69) is 0 Å². The quantitative estimate of drug-likeness (QED) is 0.793. The third-order valence-corrected chi connectivity index (χ3v) is 3.95. The van der Waals surface area contributed by atoms with E-state index in [1.54, 1.807) is 6.92 Å². The molecule has 1 aliphatic rings. The summed E-state index contributed by atoms with van der Waals surface area (Å²) in [5, 5.41) is 9.49. The second-order valence-corrected chi connectivity index (χ2v) is 6.22. The number of carbonyl (C=O) groups is 1. The van der Waals surface area contributed by atoms with Gasteiger partial charge in [-0.2, -0.15) is 0 Å². The number of nitrogens with zero attached hydrogens (tertiary/aromatic N) is 1. The highest BCUT2D eigenvalue weighted by Gasteiger charge is 2.27. The Bertz CT molecular complexity index is 257. The fourth-order valence-electron chi connectivity index (χ4n) is 2.97. The van der Waals surface area contributed by atoms with E-state index in [4.69, 9.17) is 0 Å². The fraction of sp³-hybridized carbons (Fsp3) is 0.933. The van der Waals surface area contributed by atoms with Crippen LogP contribution in [0.25, 0.3) is 0 Å². The van der Waals surface area contributed by atoms with Gasteiger partial charge in [0.05, 0.1) is 6.10 Å². The zero-order chi connectivity index (χ0) is 13.7. The van der Waals surface area contributed by atoms with Crippen LogP contribution in [0.3, 0.4) is 0 Å². The van der Waals surface area contributed by atoms with Gasteiger partial charge in [0, 0.05) is 18.5 Å². The van der Waals surface area contributed by atoms with Gasteiger partial charge >= 0.3 is 0 Å². The van der Waals surface area contributed by atoms with E-state index >= 15 is 0 Å². The first-order valence-corrected chi connectivity index (χ1v) is 7.40. The van der Waals surface area contributed by atoms with Crippen LogP contribution in [0.15, 0.2) is 0 Å². The highest BCUT2D eigenvalue weighted by Crippen LogP contribution is 2.31. The van der Waals surface area contributed by atoms with Gasteiger partial charge in [0.1, 0.15) is 0 Å². The van der Waals surface area contributed by atoms with Gasteiger partial charge < -0.3 is 10.0 Å². The molecule has 0 aliphatic heterocycles. The van der Waals surface area contributed by atoms with Crippen molar-refractivity contribution >= 4 is 5.91 Å². The van der Waals surface area contributed by atoms with Gasteiger partial charge in [-0.1, -0.05) is 32.6 Å². The monoisotopic (exact) mass is 255 g/mol. The Morgan fingerprint density at radius 3 is 2.22 bits per heavy atom. The van der Waals surface area contributed by atoms with Crippen LogP contribution in [0.4, 0.5) is 0 Å². The predicted octanol–water partition coefficient (Wildman–Crippen LogP) is 2.82. The van der Waals surface area contributed by atoms with Crippen LogP contribution in [0.1, 0.15) is 59.8 Å². The van der Waals surface area contributed by atoms with Gasteiger partial charge in [-0.3, -0.25) is 4.79 Å². The molecular formula is C15H29NO2. The number of rotatable bonds is 6. The van der Waals surface area contributed by atoms with Gasteiger partial charge in [0.2, 0.25) is 5.91 Å². The second kappa shape index (κ2) is 7.13. The Morgan fingerprint density at radius 1 is 1.22 bits per heavy atom. The van der Waals surface area contributed by atoms with Crippen LogP contribution in [0.2, 0.25) is 0 Å². The fourth-order valence-corrected chi connectivity index (χ4v) is 2.97. The Balaban J connectivity index is 2.52. The van der Waals surface area contributed by atoms with Crippen molar-refractivity contribution in [2.24, 2.45) is 11.8 Å². The molecule has 3 nitrogen and oxygen atoms in total. The number of hydrogen-bond donors (Lipinski definition) is 1. The van der Waals surface area contributed by atoms with E-state index in [0.717, 1.165) is 12.3 Å². The molecule has 1 amide bonds. The predicted molar refractivity (Wildman–Crippen MR) is 74.3 cm³/mol. The Hall–Kier alpha value is -0.570. The minimum absolute atomic E-state index is 0.0919. The summed E-state index contributed by atoms with van der Waals surface area (Å²) in [7, 11) is 0. The molecule has 1 rings (SSSR count). The maximum absolute atomic E-state index is 12.4. The molecule has 0 aromatic carbocycles. The first-order chi connectivity index (χ1) is 8.41.